The molecule has 16 heavy (non-hydrogen) atoms. The minimum Gasteiger partial charge on any atom is -0.438 e. The van der Waals surface area contributed by atoms with Gasteiger partial charge in [0.25, 0.3) is 0 Å². The second kappa shape index (κ2) is 3.63. The first-order valence-corrected chi connectivity index (χ1v) is 5.92. The number of allylic oxidation sites excluding steroid dienone is 2. The molecule has 0 aromatic heterocycles. The third kappa shape index (κ3) is 1.45. The first-order valence-electron chi connectivity index (χ1n) is 5.92. The fourth-order valence-electron chi connectivity index (χ4n) is 2.79. The highest BCUT2D eigenvalue weighted by atomic mass is 16.6. The summed E-state index contributed by atoms with van der Waals surface area (Å²) in [7, 11) is 0. The zero-order valence-electron chi connectivity index (χ0n) is 9.21. The number of hydrogen-bond acceptors (Lipinski definition) is 3. The number of rotatable bonds is 0. The number of carbonyl (C=O) groups is 1. The zero-order valence-corrected chi connectivity index (χ0v) is 9.21. The van der Waals surface area contributed by atoms with Crippen molar-refractivity contribution in [2.24, 2.45) is 0 Å². The number of nitrogens with one attached hydrogen (secondary N) is 2. The highest BCUT2D eigenvalue weighted by molar-refractivity contribution is 5.75. The molecule has 0 radical (unpaired) electrons. The Kier molecular flexibility index (Phi) is 2.24. The Bertz CT molecular complexity index is 378. The Morgan fingerprint density at radius 2 is 1.94 bits per heavy atom. The lowest BCUT2D eigenvalue weighted by molar-refractivity contribution is 0.00860. The van der Waals surface area contributed by atoms with Crippen LogP contribution in [0.1, 0.15) is 25.7 Å². The van der Waals surface area contributed by atoms with Crippen molar-refractivity contribution in [1.82, 2.24) is 10.6 Å². The van der Waals surface area contributed by atoms with E-state index in [1.807, 2.05) is 0 Å². The molecule has 2 aliphatic heterocycles. The second-order valence-electron chi connectivity index (χ2n) is 4.57. The molecule has 86 valence electrons. The van der Waals surface area contributed by atoms with E-state index in [4.69, 9.17) is 4.74 Å². The summed E-state index contributed by atoms with van der Waals surface area (Å²) in [6.07, 6.45) is 7.85. The van der Waals surface area contributed by atoms with Crippen molar-refractivity contribution < 1.29 is 9.53 Å². The highest BCUT2D eigenvalue weighted by Gasteiger charge is 2.44. The summed E-state index contributed by atoms with van der Waals surface area (Å²) in [4.78, 5) is 11.6. The van der Waals surface area contributed by atoms with Gasteiger partial charge in [0.05, 0.1) is 0 Å². The Morgan fingerprint density at radius 1 is 1.19 bits per heavy atom. The summed E-state index contributed by atoms with van der Waals surface area (Å²) in [5, 5.41) is 6.11. The number of alkyl carbamates (subject to hydrolysis) is 1. The molecule has 0 atom stereocenters. The quantitative estimate of drug-likeness (QED) is 0.649. The van der Waals surface area contributed by atoms with Gasteiger partial charge in [0.1, 0.15) is 5.60 Å². The van der Waals surface area contributed by atoms with Crippen molar-refractivity contribution in [3.8, 4) is 0 Å². The molecule has 4 heteroatoms. The average Bonchev–Trinajstić information content (AvgIpc) is 2.30. The van der Waals surface area contributed by atoms with Crippen LogP contribution in [0.15, 0.2) is 23.4 Å². The van der Waals surface area contributed by atoms with Gasteiger partial charge in [-0.05, 0) is 25.9 Å². The first kappa shape index (κ1) is 9.90. The molecule has 2 heterocycles. The second-order valence-corrected chi connectivity index (χ2v) is 4.57. The largest absolute Gasteiger partial charge is 0.438 e. The fourth-order valence-corrected chi connectivity index (χ4v) is 2.79. The molecular weight excluding hydrogens is 204 g/mol. The maximum absolute atomic E-state index is 11.6. The van der Waals surface area contributed by atoms with Crippen molar-refractivity contribution >= 4 is 6.09 Å². The third-order valence-corrected chi connectivity index (χ3v) is 3.58. The Balaban J connectivity index is 1.98. The van der Waals surface area contributed by atoms with Crippen molar-refractivity contribution in [3.05, 3.63) is 23.4 Å². The van der Waals surface area contributed by atoms with E-state index in [1.54, 1.807) is 0 Å². The van der Waals surface area contributed by atoms with Gasteiger partial charge in [-0.1, -0.05) is 12.2 Å². The Morgan fingerprint density at radius 3 is 2.75 bits per heavy atom. The smallest absolute Gasteiger partial charge is 0.412 e. The maximum atomic E-state index is 11.6. The van der Waals surface area contributed by atoms with E-state index >= 15 is 0 Å². The van der Waals surface area contributed by atoms with E-state index in [1.165, 1.54) is 5.57 Å². The van der Waals surface area contributed by atoms with E-state index in [0.29, 0.717) is 0 Å². The van der Waals surface area contributed by atoms with E-state index < -0.39 is 0 Å². The van der Waals surface area contributed by atoms with E-state index in [0.717, 1.165) is 44.5 Å². The molecule has 0 aromatic rings. The summed E-state index contributed by atoms with van der Waals surface area (Å²) in [5.41, 5.74) is 1.81. The third-order valence-electron chi connectivity index (χ3n) is 3.58. The summed E-state index contributed by atoms with van der Waals surface area (Å²) in [6.45, 7) is 1.83. The summed E-state index contributed by atoms with van der Waals surface area (Å²) >= 11 is 0. The van der Waals surface area contributed by atoms with Crippen LogP contribution in [0.5, 0.6) is 0 Å². The minimum absolute atomic E-state index is 0.299. The molecule has 0 bridgehead atoms. The van der Waals surface area contributed by atoms with Gasteiger partial charge in [0, 0.05) is 24.1 Å². The van der Waals surface area contributed by atoms with Crippen LogP contribution in [0.3, 0.4) is 0 Å². The number of hydrogen-bond donors (Lipinski definition) is 2. The molecule has 1 aliphatic carbocycles. The topological polar surface area (TPSA) is 50.4 Å². The SMILES string of the molecule is O=C1NC2=CCCC=C2C2(CCNCC2)O1. The molecule has 2 fully saturated rings. The summed E-state index contributed by atoms with van der Waals surface area (Å²) < 4.78 is 5.59. The Hall–Kier alpha value is -1.29. The molecule has 0 saturated carbocycles. The molecule has 1 amide bonds. The highest BCUT2D eigenvalue weighted by Crippen LogP contribution is 2.39. The van der Waals surface area contributed by atoms with Gasteiger partial charge < -0.3 is 10.1 Å². The van der Waals surface area contributed by atoms with Gasteiger partial charge in [-0.15, -0.1) is 0 Å². The standard InChI is InChI=1S/C12H16N2O2/c15-11-14-10-4-2-1-3-9(10)12(16-11)5-7-13-8-6-12/h3-4,13H,1-2,5-8H2,(H,14,15). The molecular formula is C12H16N2O2. The fraction of sp³-hybridized carbons (Fsp3) is 0.583. The van der Waals surface area contributed by atoms with E-state index in [9.17, 15) is 4.79 Å². The number of fused-ring (bicyclic) bond motifs is 2. The van der Waals surface area contributed by atoms with Crippen LogP contribution >= 0.6 is 0 Å². The molecule has 3 aliphatic rings. The van der Waals surface area contributed by atoms with E-state index in [2.05, 4.69) is 22.8 Å². The summed E-state index contributed by atoms with van der Waals surface area (Å²) in [6, 6.07) is 0. The number of ether oxygens (including phenoxy) is 1. The van der Waals surface area contributed by atoms with Crippen LogP contribution in [0, 0.1) is 0 Å². The predicted molar refractivity (Wildman–Crippen MR) is 59.9 cm³/mol. The van der Waals surface area contributed by atoms with Crippen LogP contribution in [0.4, 0.5) is 4.79 Å². The number of amides is 1. The summed E-state index contributed by atoms with van der Waals surface area (Å²) in [5.74, 6) is 0. The molecule has 2 N–H and O–H groups in total. The van der Waals surface area contributed by atoms with E-state index in [-0.39, 0.29) is 11.7 Å². The van der Waals surface area contributed by atoms with Crippen LogP contribution < -0.4 is 10.6 Å². The number of carbonyl (C=O) groups excluding carboxylic acids is 1. The van der Waals surface area contributed by atoms with Crippen molar-refractivity contribution in [2.75, 3.05) is 13.1 Å². The van der Waals surface area contributed by atoms with Crippen LogP contribution in [-0.4, -0.2) is 24.8 Å². The first-order chi connectivity index (χ1) is 7.80. The normalized spacial score (nSPS) is 27.4. The molecule has 2 saturated heterocycles. The van der Waals surface area contributed by atoms with Gasteiger partial charge in [-0.2, -0.15) is 0 Å². The lowest BCUT2D eigenvalue weighted by Gasteiger charge is -2.43. The van der Waals surface area contributed by atoms with Gasteiger partial charge in [0.15, 0.2) is 0 Å². The molecule has 4 nitrogen and oxygen atoms in total. The van der Waals surface area contributed by atoms with Crippen LogP contribution in [-0.2, 0) is 4.74 Å². The number of piperidine rings is 1. The maximum Gasteiger partial charge on any atom is 0.412 e. The Labute approximate surface area is 94.7 Å². The van der Waals surface area contributed by atoms with Gasteiger partial charge >= 0.3 is 6.09 Å². The van der Waals surface area contributed by atoms with Crippen molar-refractivity contribution in [2.45, 2.75) is 31.3 Å². The average molecular weight is 220 g/mol. The molecule has 0 aromatic carbocycles. The van der Waals surface area contributed by atoms with Gasteiger partial charge in [0.2, 0.25) is 0 Å². The molecule has 3 rings (SSSR count). The van der Waals surface area contributed by atoms with Crippen molar-refractivity contribution in [1.29, 1.82) is 0 Å². The van der Waals surface area contributed by atoms with Gasteiger partial charge in [-0.3, -0.25) is 5.32 Å². The molecule has 1 spiro atoms. The van der Waals surface area contributed by atoms with Gasteiger partial charge in [-0.25, -0.2) is 4.79 Å². The lowest BCUT2D eigenvalue weighted by atomic mass is 9.79. The lowest BCUT2D eigenvalue weighted by Crippen LogP contribution is -2.53. The monoisotopic (exact) mass is 220 g/mol. The van der Waals surface area contributed by atoms with Crippen LogP contribution in [0.2, 0.25) is 0 Å². The van der Waals surface area contributed by atoms with Crippen LogP contribution in [0.25, 0.3) is 0 Å². The minimum atomic E-state index is -0.361. The van der Waals surface area contributed by atoms with Crippen molar-refractivity contribution in [3.63, 3.8) is 0 Å². The predicted octanol–water partition coefficient (Wildman–Crippen LogP) is 1.45. The zero-order chi connectivity index (χ0) is 11.0. The molecule has 0 unspecified atom stereocenters.